The largest absolute Gasteiger partial charge is 0.492 e. The maximum atomic E-state index is 11.8. The molecule has 2 rings (SSSR count). The first kappa shape index (κ1) is 16.4. The number of hydrogen-bond acceptors (Lipinski definition) is 2. The Morgan fingerprint density at radius 3 is 2.59 bits per heavy atom. The van der Waals surface area contributed by atoms with Crippen LogP contribution in [-0.4, -0.2) is 19.2 Å². The van der Waals surface area contributed by atoms with Crippen LogP contribution in [0.15, 0.2) is 46.9 Å². The molecule has 2 N–H and O–H groups in total. The zero-order chi connectivity index (χ0) is 15.9. The molecule has 0 aliphatic heterocycles. The number of aryl methyl sites for hydroxylation is 1. The van der Waals surface area contributed by atoms with E-state index >= 15 is 0 Å². The molecule has 0 saturated heterocycles. The van der Waals surface area contributed by atoms with Crippen LogP contribution in [0, 0.1) is 13.8 Å². The van der Waals surface area contributed by atoms with Crippen molar-refractivity contribution in [2.45, 2.75) is 13.8 Å². The van der Waals surface area contributed by atoms with Crippen LogP contribution in [-0.2, 0) is 0 Å². The lowest BCUT2D eigenvalue weighted by Crippen LogP contribution is -2.32. The van der Waals surface area contributed by atoms with E-state index in [0.717, 1.165) is 27.0 Å². The van der Waals surface area contributed by atoms with Crippen molar-refractivity contribution in [2.24, 2.45) is 0 Å². The highest BCUT2D eigenvalue weighted by Crippen LogP contribution is 2.18. The Hall–Kier alpha value is -2.01. The molecule has 0 aromatic heterocycles. The normalized spacial score (nSPS) is 10.1. The number of anilines is 1. The molecule has 2 aromatic carbocycles. The highest BCUT2D eigenvalue weighted by Gasteiger charge is 2.05. The van der Waals surface area contributed by atoms with Gasteiger partial charge in [0.25, 0.3) is 0 Å². The van der Waals surface area contributed by atoms with Crippen molar-refractivity contribution < 1.29 is 9.53 Å². The van der Waals surface area contributed by atoms with Gasteiger partial charge in [0.05, 0.1) is 6.54 Å². The van der Waals surface area contributed by atoms with E-state index in [1.807, 2.05) is 56.3 Å². The fraction of sp³-hybridized carbons (Fsp3) is 0.235. The molecule has 0 aliphatic carbocycles. The quantitative estimate of drug-likeness (QED) is 0.780. The first-order chi connectivity index (χ1) is 10.6. The third kappa shape index (κ3) is 4.77. The lowest BCUT2D eigenvalue weighted by atomic mass is 10.1. The number of benzene rings is 2. The molecular formula is C17H19BrN2O2. The van der Waals surface area contributed by atoms with Crippen LogP contribution in [0.2, 0.25) is 0 Å². The zero-order valence-electron chi connectivity index (χ0n) is 12.7. The molecule has 2 aromatic rings. The number of amides is 2. The van der Waals surface area contributed by atoms with Crippen LogP contribution in [0.4, 0.5) is 10.5 Å². The SMILES string of the molecule is Cc1cccc(NC(=O)NCCOc2ccc(Br)cc2)c1C. The van der Waals surface area contributed by atoms with E-state index in [2.05, 4.69) is 26.6 Å². The zero-order valence-corrected chi connectivity index (χ0v) is 14.2. The summed E-state index contributed by atoms with van der Waals surface area (Å²) in [6, 6.07) is 13.2. The van der Waals surface area contributed by atoms with Gasteiger partial charge in [-0.05, 0) is 55.3 Å². The summed E-state index contributed by atoms with van der Waals surface area (Å²) in [5.74, 6) is 0.778. The summed E-state index contributed by atoms with van der Waals surface area (Å²) in [5, 5.41) is 5.62. The molecule has 4 nitrogen and oxygen atoms in total. The minimum absolute atomic E-state index is 0.229. The first-order valence-electron chi connectivity index (χ1n) is 7.05. The van der Waals surface area contributed by atoms with E-state index in [0.29, 0.717) is 13.2 Å². The smallest absolute Gasteiger partial charge is 0.319 e. The maximum Gasteiger partial charge on any atom is 0.319 e. The molecule has 0 fully saturated rings. The van der Waals surface area contributed by atoms with Gasteiger partial charge in [0, 0.05) is 10.2 Å². The number of carbonyl (C=O) groups is 1. The van der Waals surface area contributed by atoms with Crippen molar-refractivity contribution in [3.8, 4) is 5.75 Å². The van der Waals surface area contributed by atoms with Gasteiger partial charge in [-0.3, -0.25) is 0 Å². The first-order valence-corrected chi connectivity index (χ1v) is 7.85. The fourth-order valence-corrected chi connectivity index (χ4v) is 2.18. The molecule has 0 heterocycles. The number of nitrogens with one attached hydrogen (secondary N) is 2. The van der Waals surface area contributed by atoms with Crippen molar-refractivity contribution in [3.05, 3.63) is 58.1 Å². The number of urea groups is 1. The molecule has 0 bridgehead atoms. The van der Waals surface area contributed by atoms with Gasteiger partial charge in [-0.15, -0.1) is 0 Å². The molecular weight excluding hydrogens is 344 g/mol. The molecule has 0 spiro atoms. The standard InChI is InChI=1S/C17H19BrN2O2/c1-12-4-3-5-16(13(12)2)20-17(21)19-10-11-22-15-8-6-14(18)7-9-15/h3-9H,10-11H2,1-2H3,(H2,19,20,21). The van der Waals surface area contributed by atoms with Crippen molar-refractivity contribution >= 4 is 27.6 Å². The Labute approximate surface area is 139 Å². The third-order valence-corrected chi connectivity index (χ3v) is 3.85. The Balaban J connectivity index is 1.74. The van der Waals surface area contributed by atoms with Gasteiger partial charge in [0.2, 0.25) is 0 Å². The van der Waals surface area contributed by atoms with E-state index in [-0.39, 0.29) is 6.03 Å². The van der Waals surface area contributed by atoms with E-state index in [1.54, 1.807) is 0 Å². The summed E-state index contributed by atoms with van der Waals surface area (Å²) >= 11 is 3.37. The molecule has 5 heteroatoms. The lowest BCUT2D eigenvalue weighted by Gasteiger charge is -2.12. The number of rotatable bonds is 5. The summed E-state index contributed by atoms with van der Waals surface area (Å²) in [6.07, 6.45) is 0. The monoisotopic (exact) mass is 362 g/mol. The van der Waals surface area contributed by atoms with Gasteiger partial charge >= 0.3 is 6.03 Å². The molecule has 0 aliphatic rings. The van der Waals surface area contributed by atoms with Crippen molar-refractivity contribution in [2.75, 3.05) is 18.5 Å². The number of ether oxygens (including phenoxy) is 1. The highest BCUT2D eigenvalue weighted by atomic mass is 79.9. The topological polar surface area (TPSA) is 50.4 Å². The second-order valence-electron chi connectivity index (χ2n) is 4.93. The Kier molecular flexibility index (Phi) is 5.83. The molecule has 22 heavy (non-hydrogen) atoms. The van der Waals surface area contributed by atoms with E-state index in [9.17, 15) is 4.79 Å². The van der Waals surface area contributed by atoms with Crippen molar-refractivity contribution in [1.82, 2.24) is 5.32 Å². The second-order valence-corrected chi connectivity index (χ2v) is 5.85. The fourth-order valence-electron chi connectivity index (χ4n) is 1.92. The average molecular weight is 363 g/mol. The van der Waals surface area contributed by atoms with Gasteiger partial charge in [0.1, 0.15) is 12.4 Å². The van der Waals surface area contributed by atoms with Gasteiger partial charge in [0.15, 0.2) is 0 Å². The molecule has 116 valence electrons. The molecule has 2 amide bonds. The van der Waals surface area contributed by atoms with Crippen LogP contribution in [0.5, 0.6) is 5.75 Å². The Bertz CT molecular complexity index is 642. The van der Waals surface area contributed by atoms with Gasteiger partial charge in [-0.2, -0.15) is 0 Å². The van der Waals surface area contributed by atoms with Gasteiger partial charge in [-0.1, -0.05) is 28.1 Å². The van der Waals surface area contributed by atoms with Crippen LogP contribution >= 0.6 is 15.9 Å². The van der Waals surface area contributed by atoms with Gasteiger partial charge in [-0.25, -0.2) is 4.79 Å². The molecule has 0 saturated carbocycles. The van der Waals surface area contributed by atoms with E-state index in [1.165, 1.54) is 0 Å². The summed E-state index contributed by atoms with van der Waals surface area (Å²) in [4.78, 5) is 11.8. The molecule has 0 unspecified atom stereocenters. The van der Waals surface area contributed by atoms with Crippen molar-refractivity contribution in [1.29, 1.82) is 0 Å². The summed E-state index contributed by atoms with van der Waals surface area (Å²) in [5.41, 5.74) is 3.05. The average Bonchev–Trinajstić information content (AvgIpc) is 2.50. The van der Waals surface area contributed by atoms with E-state index in [4.69, 9.17) is 4.74 Å². The summed E-state index contributed by atoms with van der Waals surface area (Å²) in [6.45, 7) is 4.86. The van der Waals surface area contributed by atoms with Crippen LogP contribution < -0.4 is 15.4 Å². The summed E-state index contributed by atoms with van der Waals surface area (Å²) < 4.78 is 6.55. The Morgan fingerprint density at radius 2 is 1.86 bits per heavy atom. The number of carbonyl (C=O) groups excluding carboxylic acids is 1. The lowest BCUT2D eigenvalue weighted by molar-refractivity contribution is 0.247. The predicted octanol–water partition coefficient (Wildman–Crippen LogP) is 4.27. The summed E-state index contributed by atoms with van der Waals surface area (Å²) in [7, 11) is 0. The van der Waals surface area contributed by atoms with Crippen molar-refractivity contribution in [3.63, 3.8) is 0 Å². The van der Waals surface area contributed by atoms with Crippen LogP contribution in [0.3, 0.4) is 0 Å². The minimum atomic E-state index is -0.229. The third-order valence-electron chi connectivity index (χ3n) is 3.32. The second kappa shape index (κ2) is 7.84. The predicted molar refractivity (Wildman–Crippen MR) is 92.6 cm³/mol. The molecule has 0 radical (unpaired) electrons. The van der Waals surface area contributed by atoms with Gasteiger partial charge < -0.3 is 15.4 Å². The highest BCUT2D eigenvalue weighted by molar-refractivity contribution is 9.10. The van der Waals surface area contributed by atoms with Crippen LogP contribution in [0.1, 0.15) is 11.1 Å². The Morgan fingerprint density at radius 1 is 1.14 bits per heavy atom. The van der Waals surface area contributed by atoms with E-state index < -0.39 is 0 Å². The maximum absolute atomic E-state index is 11.8. The minimum Gasteiger partial charge on any atom is -0.492 e. The number of halogens is 1. The number of hydrogen-bond donors (Lipinski definition) is 2. The molecule has 0 atom stereocenters. The van der Waals surface area contributed by atoms with Crippen LogP contribution in [0.25, 0.3) is 0 Å².